The highest BCUT2D eigenvalue weighted by molar-refractivity contribution is 5.99. The molecule has 0 spiro atoms. The molecule has 0 fully saturated rings. The molecule has 0 atom stereocenters. The van der Waals surface area contributed by atoms with Gasteiger partial charge in [0, 0.05) is 0 Å². The van der Waals surface area contributed by atoms with Gasteiger partial charge in [0.25, 0.3) is 0 Å². The molecule has 0 nitrogen and oxygen atoms in total. The zero-order valence-electron chi connectivity index (χ0n) is 25.3. The molecule has 4 aromatic rings. The van der Waals surface area contributed by atoms with Crippen molar-refractivity contribution in [1.29, 1.82) is 0 Å². The van der Waals surface area contributed by atoms with Crippen molar-refractivity contribution in [3.05, 3.63) is 130 Å². The van der Waals surface area contributed by atoms with Gasteiger partial charge in [-0.1, -0.05) is 137 Å². The minimum absolute atomic E-state index is 0.0846. The van der Waals surface area contributed by atoms with Gasteiger partial charge in [0.2, 0.25) is 0 Å². The number of benzene rings is 4. The predicted molar refractivity (Wildman–Crippen MR) is 173 cm³/mol. The Hall–Kier alpha value is -3.64. The van der Waals surface area contributed by atoms with Crippen LogP contribution in [0.3, 0.4) is 0 Å². The lowest BCUT2D eigenvalue weighted by Gasteiger charge is -2.35. The molecule has 0 heterocycles. The van der Waals surface area contributed by atoms with Crippen LogP contribution in [-0.4, -0.2) is 0 Å². The van der Waals surface area contributed by atoms with Gasteiger partial charge in [0.05, 0.1) is 0 Å². The molecule has 0 saturated carbocycles. The quantitative estimate of drug-likeness (QED) is 0.225. The normalized spacial score (nSPS) is 12.4. The van der Waals surface area contributed by atoms with E-state index in [0.717, 1.165) is 0 Å². The summed E-state index contributed by atoms with van der Waals surface area (Å²) in [4.78, 5) is 0. The summed E-state index contributed by atoms with van der Waals surface area (Å²) >= 11 is 0. The first-order valence-electron chi connectivity index (χ1n) is 14.3. The predicted octanol–water partition coefficient (Wildman–Crippen LogP) is 11.6. The molecule has 0 aliphatic rings. The fraction of sp³-hybridized carbons (Fsp3) is 0.282. The zero-order chi connectivity index (χ0) is 28.3. The van der Waals surface area contributed by atoms with Crippen LogP contribution in [0.2, 0.25) is 0 Å². The molecule has 39 heavy (non-hydrogen) atoms. The summed E-state index contributed by atoms with van der Waals surface area (Å²) in [6, 6.07) is 35.3. The summed E-state index contributed by atoms with van der Waals surface area (Å²) in [5, 5.41) is 0. The van der Waals surface area contributed by atoms with Gasteiger partial charge in [0.1, 0.15) is 0 Å². The summed E-state index contributed by atoms with van der Waals surface area (Å²) in [6.45, 7) is 21.0. The molecular weight excluding hydrogens is 468 g/mol. The van der Waals surface area contributed by atoms with Gasteiger partial charge in [-0.2, -0.15) is 0 Å². The van der Waals surface area contributed by atoms with Crippen LogP contribution in [0.25, 0.3) is 33.4 Å². The van der Waals surface area contributed by atoms with E-state index >= 15 is 0 Å². The maximum absolute atomic E-state index is 2.38. The topological polar surface area (TPSA) is 0 Å². The van der Waals surface area contributed by atoms with Gasteiger partial charge < -0.3 is 0 Å². The lowest BCUT2D eigenvalue weighted by atomic mass is 9.69. The molecule has 0 amide bonds. The van der Waals surface area contributed by atoms with Crippen LogP contribution in [0.1, 0.15) is 70.7 Å². The maximum atomic E-state index is 2.38. The van der Waals surface area contributed by atoms with Crippen molar-refractivity contribution in [2.45, 2.75) is 62.3 Å². The first-order valence-corrected chi connectivity index (χ1v) is 14.3. The molecule has 200 valence electrons. The summed E-state index contributed by atoms with van der Waals surface area (Å²) in [5.74, 6) is 0.335. The smallest absolute Gasteiger partial charge is 0.00737 e. The van der Waals surface area contributed by atoms with E-state index in [-0.39, 0.29) is 5.41 Å². The number of hydrogen-bond acceptors (Lipinski definition) is 0. The van der Waals surface area contributed by atoms with E-state index in [0.29, 0.717) is 5.92 Å². The highest BCUT2D eigenvalue weighted by Crippen LogP contribution is 2.50. The molecule has 0 unspecified atom stereocenters. The summed E-state index contributed by atoms with van der Waals surface area (Å²) in [6.07, 6.45) is 0. The van der Waals surface area contributed by atoms with E-state index in [1.807, 2.05) is 0 Å². The molecule has 4 rings (SSSR count). The van der Waals surface area contributed by atoms with Crippen LogP contribution >= 0.6 is 0 Å². The van der Waals surface area contributed by atoms with Crippen molar-refractivity contribution < 1.29 is 0 Å². The van der Waals surface area contributed by atoms with Gasteiger partial charge in [-0.3, -0.25) is 0 Å². The number of aryl methyl sites for hydroxylation is 2. The third-order valence-electron chi connectivity index (χ3n) is 7.58. The molecule has 0 radical (unpaired) electrons. The average molecular weight is 513 g/mol. The Morgan fingerprint density at radius 3 is 1.41 bits per heavy atom. The molecule has 0 aliphatic carbocycles. The minimum Gasteiger partial charge on any atom is -0.0682 e. The van der Waals surface area contributed by atoms with Crippen molar-refractivity contribution in [1.82, 2.24) is 0 Å². The molecule has 0 N–H and O–H groups in total. The van der Waals surface area contributed by atoms with Crippen molar-refractivity contribution in [3.8, 4) is 22.3 Å². The van der Waals surface area contributed by atoms with E-state index in [1.165, 1.54) is 66.8 Å². The van der Waals surface area contributed by atoms with E-state index in [4.69, 9.17) is 0 Å². The summed E-state index contributed by atoms with van der Waals surface area (Å²) in [5.41, 5.74) is 16.0. The van der Waals surface area contributed by atoms with Crippen LogP contribution in [0.5, 0.6) is 0 Å². The average Bonchev–Trinajstić information content (AvgIpc) is 2.89. The largest absolute Gasteiger partial charge is 0.0682 e. The van der Waals surface area contributed by atoms with Gasteiger partial charge in [-0.05, 0) is 100 Å². The second kappa shape index (κ2) is 11.6. The Kier molecular flexibility index (Phi) is 8.45. The number of hydrogen-bond donors (Lipinski definition) is 0. The van der Waals surface area contributed by atoms with Crippen molar-refractivity contribution in [3.63, 3.8) is 0 Å². The molecule has 0 heteroatoms. The van der Waals surface area contributed by atoms with Crippen molar-refractivity contribution in [2.75, 3.05) is 0 Å². The van der Waals surface area contributed by atoms with E-state index in [2.05, 4.69) is 159 Å². The van der Waals surface area contributed by atoms with Crippen LogP contribution in [0.15, 0.2) is 108 Å². The van der Waals surface area contributed by atoms with Crippen LogP contribution in [-0.2, 0) is 0 Å². The monoisotopic (exact) mass is 512 g/mol. The highest BCUT2D eigenvalue weighted by Gasteiger charge is 2.31. The second-order valence-corrected chi connectivity index (χ2v) is 12.3. The molecule has 0 aromatic heterocycles. The zero-order valence-corrected chi connectivity index (χ0v) is 25.3. The number of rotatable bonds is 6. The summed E-state index contributed by atoms with van der Waals surface area (Å²) in [7, 11) is 0. The maximum Gasteiger partial charge on any atom is -0.00737 e. The van der Waals surface area contributed by atoms with E-state index < -0.39 is 0 Å². The van der Waals surface area contributed by atoms with Gasteiger partial charge in [-0.15, -0.1) is 0 Å². The minimum atomic E-state index is -0.0846. The highest BCUT2D eigenvalue weighted by atomic mass is 14.4. The Labute approximate surface area is 237 Å². The molecule has 0 aliphatic heterocycles. The van der Waals surface area contributed by atoms with Crippen LogP contribution in [0.4, 0.5) is 0 Å². The molecule has 0 saturated heterocycles. The van der Waals surface area contributed by atoms with Crippen molar-refractivity contribution in [2.24, 2.45) is 11.3 Å². The molecular formula is C39H44. The number of allylic oxidation sites excluding steroid dienone is 4. The van der Waals surface area contributed by atoms with Gasteiger partial charge in [0.15, 0.2) is 0 Å². The molecule has 0 bridgehead atoms. The third-order valence-corrected chi connectivity index (χ3v) is 7.58. The van der Waals surface area contributed by atoms with Gasteiger partial charge >= 0.3 is 0 Å². The van der Waals surface area contributed by atoms with Crippen LogP contribution in [0, 0.1) is 25.2 Å². The lowest BCUT2D eigenvalue weighted by Crippen LogP contribution is -2.18. The fourth-order valence-corrected chi connectivity index (χ4v) is 5.98. The second-order valence-electron chi connectivity index (χ2n) is 12.3. The third kappa shape index (κ3) is 5.86. The SMILES string of the molecule is CC(C)=C(/C(=C(/c1c(C)cccc1-c1ccccc1)C(C)C)C(C)(C)C)c1c(C)cccc1-c1ccccc1. The Bertz CT molecular complexity index is 1500. The summed E-state index contributed by atoms with van der Waals surface area (Å²) < 4.78 is 0. The Balaban J connectivity index is 2.18. The Morgan fingerprint density at radius 2 is 1.00 bits per heavy atom. The van der Waals surface area contributed by atoms with Crippen LogP contribution < -0.4 is 0 Å². The lowest BCUT2D eigenvalue weighted by molar-refractivity contribution is 0.518. The van der Waals surface area contributed by atoms with Gasteiger partial charge in [-0.25, -0.2) is 0 Å². The first kappa shape index (κ1) is 28.4. The van der Waals surface area contributed by atoms with E-state index in [1.54, 1.807) is 0 Å². The first-order chi connectivity index (χ1) is 18.5. The van der Waals surface area contributed by atoms with Crippen molar-refractivity contribution >= 4 is 11.1 Å². The Morgan fingerprint density at radius 1 is 0.564 bits per heavy atom. The van der Waals surface area contributed by atoms with E-state index in [9.17, 15) is 0 Å². The standard InChI is InChI=1S/C39H44/c1-26(2)34(36-28(5)18-16-24-32(36)30-20-12-10-13-21-30)38(39(7,8)9)35(27(3)4)37-29(6)19-17-25-33(37)31-22-14-11-15-23-31/h10-26H,1-9H3/b38-34-. The molecule has 4 aromatic carbocycles. The fourth-order valence-electron chi connectivity index (χ4n) is 5.98.